The van der Waals surface area contributed by atoms with Crippen molar-refractivity contribution in [3.05, 3.63) is 34.9 Å². The minimum absolute atomic E-state index is 0.155. The average Bonchev–Trinajstić information content (AvgIpc) is 3.19. The Hall–Kier alpha value is -1.31. The second-order valence-electron chi connectivity index (χ2n) is 7.14. The molecule has 0 bridgehead atoms. The Morgan fingerprint density at radius 2 is 2.00 bits per heavy atom. The Balaban J connectivity index is 2.34. The van der Waals surface area contributed by atoms with Crippen LogP contribution in [-0.2, 0) is 10.2 Å². The Morgan fingerprint density at radius 1 is 1.35 bits per heavy atom. The SMILES string of the molecule is CNC(=O)CC(c1cc(C(C)(C)C)ccc1C)C1CC1. The first kappa shape index (κ1) is 15.1. The Kier molecular flexibility index (Phi) is 4.22. The van der Waals surface area contributed by atoms with Gasteiger partial charge in [0.05, 0.1) is 0 Å². The van der Waals surface area contributed by atoms with E-state index in [9.17, 15) is 4.79 Å². The maximum atomic E-state index is 11.8. The van der Waals surface area contributed by atoms with E-state index in [0.717, 1.165) is 0 Å². The van der Waals surface area contributed by atoms with Gasteiger partial charge in [0.1, 0.15) is 0 Å². The van der Waals surface area contributed by atoms with Crippen molar-refractivity contribution in [2.24, 2.45) is 5.92 Å². The lowest BCUT2D eigenvalue weighted by molar-refractivity contribution is -0.121. The third-order valence-corrected chi connectivity index (χ3v) is 4.42. The van der Waals surface area contributed by atoms with Crippen molar-refractivity contribution >= 4 is 5.91 Å². The standard InChI is InChI=1S/C18H27NO/c1-12-6-9-14(18(2,3)4)10-15(12)16(13-7-8-13)11-17(20)19-5/h6,9-10,13,16H,7-8,11H2,1-5H3,(H,19,20). The molecule has 2 nitrogen and oxygen atoms in total. The summed E-state index contributed by atoms with van der Waals surface area (Å²) in [6.07, 6.45) is 3.15. The van der Waals surface area contributed by atoms with Crippen LogP contribution in [0.15, 0.2) is 18.2 Å². The van der Waals surface area contributed by atoms with Crippen molar-refractivity contribution in [1.82, 2.24) is 5.32 Å². The molecule has 1 N–H and O–H groups in total. The summed E-state index contributed by atoms with van der Waals surface area (Å²) in [7, 11) is 1.73. The van der Waals surface area contributed by atoms with E-state index in [1.54, 1.807) is 7.05 Å². The molecular formula is C18H27NO. The summed E-state index contributed by atoms with van der Waals surface area (Å²) in [4.78, 5) is 11.8. The first-order valence-corrected chi connectivity index (χ1v) is 7.64. The van der Waals surface area contributed by atoms with Crippen LogP contribution in [0.5, 0.6) is 0 Å². The smallest absolute Gasteiger partial charge is 0.220 e. The zero-order valence-corrected chi connectivity index (χ0v) is 13.4. The van der Waals surface area contributed by atoms with Gasteiger partial charge in [-0.3, -0.25) is 4.79 Å². The monoisotopic (exact) mass is 273 g/mol. The number of aryl methyl sites for hydroxylation is 1. The average molecular weight is 273 g/mol. The highest BCUT2D eigenvalue weighted by atomic mass is 16.1. The summed E-state index contributed by atoms with van der Waals surface area (Å²) < 4.78 is 0. The summed E-state index contributed by atoms with van der Waals surface area (Å²) in [5, 5.41) is 2.77. The molecular weight excluding hydrogens is 246 g/mol. The molecule has 1 fully saturated rings. The van der Waals surface area contributed by atoms with Crippen LogP contribution in [0.3, 0.4) is 0 Å². The summed E-state index contributed by atoms with van der Waals surface area (Å²) in [6, 6.07) is 6.78. The molecule has 1 aromatic carbocycles. The first-order chi connectivity index (χ1) is 9.32. The van der Waals surface area contributed by atoms with Gasteiger partial charge in [-0.1, -0.05) is 39.0 Å². The minimum Gasteiger partial charge on any atom is -0.359 e. The molecule has 1 saturated carbocycles. The normalized spacial score (nSPS) is 16.9. The topological polar surface area (TPSA) is 29.1 Å². The quantitative estimate of drug-likeness (QED) is 0.885. The summed E-state index contributed by atoms with van der Waals surface area (Å²) >= 11 is 0. The van der Waals surface area contributed by atoms with Gasteiger partial charge in [0.2, 0.25) is 5.91 Å². The van der Waals surface area contributed by atoms with Gasteiger partial charge in [0.25, 0.3) is 0 Å². The second-order valence-corrected chi connectivity index (χ2v) is 7.14. The maximum absolute atomic E-state index is 11.8. The van der Waals surface area contributed by atoms with Crippen LogP contribution in [0.2, 0.25) is 0 Å². The maximum Gasteiger partial charge on any atom is 0.220 e. The summed E-state index contributed by atoms with van der Waals surface area (Å²) in [5.74, 6) is 1.24. The minimum atomic E-state index is 0.155. The van der Waals surface area contributed by atoms with Crippen LogP contribution in [0, 0.1) is 12.8 Å². The van der Waals surface area contributed by atoms with Gasteiger partial charge >= 0.3 is 0 Å². The van der Waals surface area contributed by atoms with Crippen molar-refractivity contribution in [2.45, 2.75) is 58.3 Å². The number of carbonyl (C=O) groups excluding carboxylic acids is 1. The van der Waals surface area contributed by atoms with E-state index in [1.165, 1.54) is 29.5 Å². The molecule has 1 unspecified atom stereocenters. The fourth-order valence-electron chi connectivity index (χ4n) is 2.84. The van der Waals surface area contributed by atoms with Crippen molar-refractivity contribution < 1.29 is 4.79 Å². The zero-order valence-electron chi connectivity index (χ0n) is 13.4. The molecule has 0 spiro atoms. The van der Waals surface area contributed by atoms with Gasteiger partial charge < -0.3 is 5.32 Å². The first-order valence-electron chi connectivity index (χ1n) is 7.64. The van der Waals surface area contributed by atoms with Gasteiger partial charge in [0, 0.05) is 13.5 Å². The molecule has 1 amide bonds. The van der Waals surface area contributed by atoms with Crippen LogP contribution in [-0.4, -0.2) is 13.0 Å². The van der Waals surface area contributed by atoms with Gasteiger partial charge in [-0.25, -0.2) is 0 Å². The van der Waals surface area contributed by atoms with Gasteiger partial charge in [-0.15, -0.1) is 0 Å². The second kappa shape index (κ2) is 5.59. The number of hydrogen-bond donors (Lipinski definition) is 1. The van der Waals surface area contributed by atoms with Crippen LogP contribution in [0.25, 0.3) is 0 Å². The molecule has 0 aliphatic heterocycles. The molecule has 2 rings (SSSR count). The number of nitrogens with one attached hydrogen (secondary N) is 1. The molecule has 2 heteroatoms. The van der Waals surface area contributed by atoms with Crippen molar-refractivity contribution in [3.8, 4) is 0 Å². The van der Waals surface area contributed by atoms with Crippen molar-refractivity contribution in [1.29, 1.82) is 0 Å². The molecule has 20 heavy (non-hydrogen) atoms. The number of hydrogen-bond acceptors (Lipinski definition) is 1. The van der Waals surface area contributed by atoms with Gasteiger partial charge in [-0.05, 0) is 53.7 Å². The van der Waals surface area contributed by atoms with E-state index in [-0.39, 0.29) is 11.3 Å². The third-order valence-electron chi connectivity index (χ3n) is 4.42. The molecule has 0 saturated heterocycles. The lowest BCUT2D eigenvalue weighted by atomic mass is 9.81. The molecule has 0 radical (unpaired) electrons. The molecule has 1 aliphatic carbocycles. The molecule has 0 heterocycles. The molecule has 110 valence electrons. The molecule has 0 aromatic heterocycles. The Morgan fingerprint density at radius 3 is 2.50 bits per heavy atom. The largest absolute Gasteiger partial charge is 0.359 e. The predicted octanol–water partition coefficient (Wildman–Crippen LogP) is 3.92. The lowest BCUT2D eigenvalue weighted by Crippen LogP contribution is -2.22. The van der Waals surface area contributed by atoms with Crippen LogP contribution in [0.4, 0.5) is 0 Å². The fraction of sp³-hybridized carbons (Fsp3) is 0.611. The number of amides is 1. The lowest BCUT2D eigenvalue weighted by Gasteiger charge is -2.24. The molecule has 1 atom stereocenters. The van der Waals surface area contributed by atoms with E-state index < -0.39 is 0 Å². The fourth-order valence-corrected chi connectivity index (χ4v) is 2.84. The van der Waals surface area contributed by atoms with E-state index in [2.05, 4.69) is 51.2 Å². The van der Waals surface area contributed by atoms with Crippen LogP contribution < -0.4 is 5.32 Å². The molecule has 1 aliphatic rings. The van der Waals surface area contributed by atoms with Crippen molar-refractivity contribution in [3.63, 3.8) is 0 Å². The predicted molar refractivity (Wildman–Crippen MR) is 84.0 cm³/mol. The van der Waals surface area contributed by atoms with E-state index >= 15 is 0 Å². The van der Waals surface area contributed by atoms with Crippen molar-refractivity contribution in [2.75, 3.05) is 7.05 Å². The highest BCUT2D eigenvalue weighted by Crippen LogP contribution is 2.46. The summed E-state index contributed by atoms with van der Waals surface area (Å²) in [5.41, 5.74) is 4.21. The van der Waals surface area contributed by atoms with E-state index in [0.29, 0.717) is 18.3 Å². The van der Waals surface area contributed by atoms with E-state index in [4.69, 9.17) is 0 Å². The highest BCUT2D eigenvalue weighted by Gasteiger charge is 2.34. The number of carbonyl (C=O) groups is 1. The van der Waals surface area contributed by atoms with Crippen LogP contribution in [0.1, 0.15) is 62.6 Å². The molecule has 1 aromatic rings. The number of benzene rings is 1. The highest BCUT2D eigenvalue weighted by molar-refractivity contribution is 5.76. The Labute approximate surface area is 123 Å². The van der Waals surface area contributed by atoms with Gasteiger partial charge in [-0.2, -0.15) is 0 Å². The third kappa shape index (κ3) is 3.41. The number of rotatable bonds is 4. The summed E-state index contributed by atoms with van der Waals surface area (Å²) in [6.45, 7) is 8.89. The zero-order chi connectivity index (χ0) is 14.9. The van der Waals surface area contributed by atoms with E-state index in [1.807, 2.05) is 0 Å². The van der Waals surface area contributed by atoms with Crippen LogP contribution >= 0.6 is 0 Å². The van der Waals surface area contributed by atoms with Gasteiger partial charge in [0.15, 0.2) is 0 Å². The Bertz CT molecular complexity index is 495.